The van der Waals surface area contributed by atoms with Crippen molar-refractivity contribution < 1.29 is 23.8 Å². The number of aliphatic carboxylic acids is 1. The van der Waals surface area contributed by atoms with Gasteiger partial charge in [0.1, 0.15) is 5.75 Å². The van der Waals surface area contributed by atoms with Crippen LogP contribution in [-0.4, -0.2) is 47.8 Å². The maximum atomic E-state index is 14.0. The zero-order chi connectivity index (χ0) is 14.9. The highest BCUT2D eigenvalue weighted by Crippen LogP contribution is 2.28. The van der Waals surface area contributed by atoms with E-state index in [4.69, 9.17) is 9.84 Å². The third-order valence-corrected chi connectivity index (χ3v) is 4.19. The second-order valence-electron chi connectivity index (χ2n) is 4.59. The van der Waals surface area contributed by atoms with Gasteiger partial charge >= 0.3 is 5.97 Å². The van der Waals surface area contributed by atoms with E-state index < -0.39 is 18.2 Å². The van der Waals surface area contributed by atoms with Gasteiger partial charge in [-0.1, -0.05) is 0 Å². The lowest BCUT2D eigenvalue weighted by atomic mass is 10.1. The maximum absolute atomic E-state index is 14.0. The van der Waals surface area contributed by atoms with Gasteiger partial charge in [0.15, 0.2) is 0 Å². The van der Waals surface area contributed by atoms with Gasteiger partial charge in [0.2, 0.25) is 5.67 Å². The molecule has 0 bridgehead atoms. The summed E-state index contributed by atoms with van der Waals surface area (Å²) in [6, 6.07) is 4.94. The molecule has 1 aromatic rings. The molecule has 1 N–H and O–H groups in total. The van der Waals surface area contributed by atoms with Crippen LogP contribution in [0.2, 0.25) is 0 Å². The number of methoxy groups -OCH3 is 1. The van der Waals surface area contributed by atoms with Crippen LogP contribution in [0.5, 0.6) is 5.75 Å². The number of carboxylic acid groups (broad SMARTS) is 1. The summed E-state index contributed by atoms with van der Waals surface area (Å²) in [6.45, 7) is -0.312. The predicted octanol–water partition coefficient (Wildman–Crippen LogP) is 1.94. The number of amides is 1. The predicted molar refractivity (Wildman–Crippen MR) is 77.7 cm³/mol. The highest BCUT2D eigenvalue weighted by atomic mass is 127. The van der Waals surface area contributed by atoms with E-state index in [1.807, 2.05) is 22.6 Å². The van der Waals surface area contributed by atoms with E-state index in [-0.39, 0.29) is 18.9 Å². The number of ether oxygens (including phenoxy) is 1. The molecule has 1 aliphatic rings. The molecule has 1 unspecified atom stereocenters. The third-order valence-electron chi connectivity index (χ3n) is 3.30. The van der Waals surface area contributed by atoms with Gasteiger partial charge in [0.05, 0.1) is 19.2 Å². The van der Waals surface area contributed by atoms with Gasteiger partial charge in [-0.2, -0.15) is 0 Å². The van der Waals surface area contributed by atoms with Crippen molar-refractivity contribution in [1.29, 1.82) is 0 Å². The molecule has 0 radical (unpaired) electrons. The van der Waals surface area contributed by atoms with E-state index in [1.54, 1.807) is 18.2 Å². The standard InChI is InChI=1S/C13H13FINO4/c1-20-8-2-3-9(10(15)6-8)11(17)16-5-4-13(14,7-16)12(18)19/h2-3,6H,4-5,7H2,1H3,(H,18,19). The number of nitrogens with zero attached hydrogens (tertiary/aromatic N) is 1. The third kappa shape index (κ3) is 2.72. The Kier molecular flexibility index (Phi) is 4.17. The molecular formula is C13H13FINO4. The van der Waals surface area contributed by atoms with E-state index in [0.29, 0.717) is 14.9 Å². The fourth-order valence-corrected chi connectivity index (χ4v) is 2.80. The van der Waals surface area contributed by atoms with E-state index in [9.17, 15) is 14.0 Å². The van der Waals surface area contributed by atoms with Crippen LogP contribution in [0.1, 0.15) is 16.8 Å². The van der Waals surface area contributed by atoms with Crippen LogP contribution in [0.4, 0.5) is 4.39 Å². The molecule has 20 heavy (non-hydrogen) atoms. The number of rotatable bonds is 3. The van der Waals surface area contributed by atoms with Gasteiger partial charge in [0, 0.05) is 16.5 Å². The average Bonchev–Trinajstić information content (AvgIpc) is 2.82. The number of halogens is 2. The van der Waals surface area contributed by atoms with Crippen LogP contribution in [0.3, 0.4) is 0 Å². The van der Waals surface area contributed by atoms with Crippen LogP contribution in [0, 0.1) is 3.57 Å². The Hall–Kier alpha value is -1.38. The molecule has 1 atom stereocenters. The highest BCUT2D eigenvalue weighted by molar-refractivity contribution is 14.1. The normalized spacial score (nSPS) is 21.9. The Labute approximate surface area is 128 Å². The van der Waals surface area contributed by atoms with Crippen molar-refractivity contribution in [2.75, 3.05) is 20.2 Å². The minimum atomic E-state index is -2.34. The molecule has 1 aliphatic heterocycles. The molecule has 0 aromatic heterocycles. The molecule has 1 aromatic carbocycles. The zero-order valence-corrected chi connectivity index (χ0v) is 12.9. The summed E-state index contributed by atoms with van der Waals surface area (Å²) in [4.78, 5) is 24.4. The fourth-order valence-electron chi connectivity index (χ4n) is 2.09. The molecule has 1 saturated heterocycles. The summed E-state index contributed by atoms with van der Waals surface area (Å²) in [5, 5.41) is 8.83. The largest absolute Gasteiger partial charge is 0.497 e. The van der Waals surface area contributed by atoms with Crippen LogP contribution in [0.25, 0.3) is 0 Å². The summed E-state index contributed by atoms with van der Waals surface area (Å²) in [7, 11) is 1.53. The number of benzene rings is 1. The van der Waals surface area contributed by atoms with E-state index in [1.165, 1.54) is 12.0 Å². The molecule has 0 aliphatic carbocycles. The molecule has 1 amide bonds. The first kappa shape index (κ1) is 15.0. The van der Waals surface area contributed by atoms with E-state index in [2.05, 4.69) is 0 Å². The van der Waals surface area contributed by atoms with E-state index in [0.717, 1.165) is 0 Å². The Balaban J connectivity index is 2.19. The number of hydrogen-bond acceptors (Lipinski definition) is 3. The van der Waals surface area contributed by atoms with Crippen molar-refractivity contribution >= 4 is 34.5 Å². The van der Waals surface area contributed by atoms with Gasteiger partial charge in [-0.3, -0.25) is 4.79 Å². The quantitative estimate of drug-likeness (QED) is 0.798. The second-order valence-corrected chi connectivity index (χ2v) is 5.76. The summed E-state index contributed by atoms with van der Waals surface area (Å²) in [5.41, 5.74) is -1.92. The zero-order valence-electron chi connectivity index (χ0n) is 10.7. The fraction of sp³-hybridized carbons (Fsp3) is 0.385. The molecule has 0 saturated carbocycles. The van der Waals surface area contributed by atoms with Crippen molar-refractivity contribution in [3.8, 4) is 5.75 Å². The Morgan fingerprint density at radius 2 is 2.20 bits per heavy atom. The minimum absolute atomic E-state index is 0.101. The van der Waals surface area contributed by atoms with Gasteiger partial charge in [0.25, 0.3) is 5.91 Å². The maximum Gasteiger partial charge on any atom is 0.343 e. The summed E-state index contributed by atoms with van der Waals surface area (Å²) >= 11 is 2.00. The van der Waals surface area contributed by atoms with Gasteiger partial charge in [-0.15, -0.1) is 0 Å². The van der Waals surface area contributed by atoms with Crippen LogP contribution >= 0.6 is 22.6 Å². The summed E-state index contributed by atoms with van der Waals surface area (Å²) in [5.74, 6) is -1.26. The smallest absolute Gasteiger partial charge is 0.343 e. The Morgan fingerprint density at radius 3 is 2.70 bits per heavy atom. The molecule has 108 valence electrons. The van der Waals surface area contributed by atoms with Crippen molar-refractivity contribution in [2.24, 2.45) is 0 Å². The molecule has 7 heteroatoms. The van der Waals surface area contributed by atoms with Crippen LogP contribution < -0.4 is 4.74 Å². The molecule has 5 nitrogen and oxygen atoms in total. The van der Waals surface area contributed by atoms with Gasteiger partial charge in [-0.05, 0) is 40.8 Å². The van der Waals surface area contributed by atoms with Gasteiger partial charge < -0.3 is 14.7 Å². The number of carbonyl (C=O) groups is 2. The summed E-state index contributed by atoms with van der Waals surface area (Å²) in [6.07, 6.45) is -0.180. The molecule has 1 fully saturated rings. The monoisotopic (exact) mass is 393 g/mol. The summed E-state index contributed by atoms with van der Waals surface area (Å²) < 4.78 is 19.7. The van der Waals surface area contributed by atoms with Crippen molar-refractivity contribution in [3.05, 3.63) is 27.3 Å². The molecular weight excluding hydrogens is 380 g/mol. The lowest BCUT2D eigenvalue weighted by Crippen LogP contribution is -2.39. The SMILES string of the molecule is COc1ccc(C(=O)N2CCC(F)(C(=O)O)C2)c(I)c1. The van der Waals surface area contributed by atoms with E-state index >= 15 is 0 Å². The Bertz CT molecular complexity index is 565. The number of hydrogen-bond donors (Lipinski definition) is 1. The first-order valence-electron chi connectivity index (χ1n) is 5.92. The Morgan fingerprint density at radius 1 is 1.50 bits per heavy atom. The molecule has 0 spiro atoms. The average molecular weight is 393 g/mol. The first-order valence-corrected chi connectivity index (χ1v) is 7.00. The first-order chi connectivity index (χ1) is 9.37. The lowest BCUT2D eigenvalue weighted by Gasteiger charge is -2.18. The highest BCUT2D eigenvalue weighted by Gasteiger charge is 2.47. The molecule has 1 heterocycles. The van der Waals surface area contributed by atoms with Crippen LogP contribution in [-0.2, 0) is 4.79 Å². The van der Waals surface area contributed by atoms with Crippen molar-refractivity contribution in [1.82, 2.24) is 4.90 Å². The van der Waals surface area contributed by atoms with Gasteiger partial charge in [-0.25, -0.2) is 9.18 Å². The molecule has 2 rings (SSSR count). The number of carboxylic acids is 1. The topological polar surface area (TPSA) is 66.8 Å². The lowest BCUT2D eigenvalue weighted by molar-refractivity contribution is -0.149. The van der Waals surface area contributed by atoms with Crippen molar-refractivity contribution in [3.63, 3.8) is 0 Å². The minimum Gasteiger partial charge on any atom is -0.497 e. The number of alkyl halides is 1. The number of likely N-dealkylation sites (tertiary alicyclic amines) is 1. The van der Waals surface area contributed by atoms with Crippen molar-refractivity contribution in [2.45, 2.75) is 12.1 Å². The van der Waals surface area contributed by atoms with Crippen LogP contribution in [0.15, 0.2) is 18.2 Å². The number of carbonyl (C=O) groups excluding carboxylic acids is 1. The second kappa shape index (κ2) is 5.55.